The van der Waals surface area contributed by atoms with E-state index in [1.54, 1.807) is 11.1 Å². The van der Waals surface area contributed by atoms with Crippen LogP contribution in [0.1, 0.15) is 119 Å². The van der Waals surface area contributed by atoms with Crippen molar-refractivity contribution in [3.8, 4) is 0 Å². The highest BCUT2D eigenvalue weighted by Gasteiger charge is 2.60. The molecule has 4 nitrogen and oxygen atoms in total. The van der Waals surface area contributed by atoms with Crippen molar-refractivity contribution in [2.24, 2.45) is 22.2 Å². The van der Waals surface area contributed by atoms with E-state index in [-0.39, 0.29) is 40.7 Å². The molecule has 5 fully saturated rings. The molecular weight excluding hydrogens is 424 g/mol. The normalized spacial score (nSPS) is 52.7. The predicted octanol–water partition coefficient (Wildman–Crippen LogP) is 6.33. The van der Waals surface area contributed by atoms with Gasteiger partial charge < -0.3 is 19.7 Å². The first kappa shape index (κ1) is 25.2. The maximum atomic E-state index is 10.8. The van der Waals surface area contributed by atoms with Crippen molar-refractivity contribution in [3.63, 3.8) is 0 Å². The minimum absolute atomic E-state index is 0.116. The van der Waals surface area contributed by atoms with Crippen molar-refractivity contribution in [1.29, 1.82) is 0 Å². The third-order valence-electron chi connectivity index (χ3n) is 11.6. The lowest BCUT2D eigenvalue weighted by Crippen LogP contribution is -2.52. The van der Waals surface area contributed by atoms with Crippen LogP contribution in [0.3, 0.4) is 0 Å². The van der Waals surface area contributed by atoms with E-state index in [2.05, 4.69) is 48.5 Å². The van der Waals surface area contributed by atoms with Crippen LogP contribution in [0.5, 0.6) is 0 Å². The Hall–Kier alpha value is -0.420. The Kier molecular flexibility index (Phi) is 5.97. The topological polar surface area (TPSA) is 58.9 Å². The quantitative estimate of drug-likeness (QED) is 0.403. The number of allylic oxidation sites excluding steroid dienone is 2. The van der Waals surface area contributed by atoms with E-state index < -0.39 is 11.2 Å². The van der Waals surface area contributed by atoms with Gasteiger partial charge in [-0.15, -0.1) is 0 Å². The summed E-state index contributed by atoms with van der Waals surface area (Å²) in [6, 6.07) is 0. The highest BCUT2D eigenvalue weighted by Crippen LogP contribution is 2.66. The van der Waals surface area contributed by atoms with Gasteiger partial charge in [0.1, 0.15) is 0 Å². The second kappa shape index (κ2) is 8.04. The second-order valence-electron chi connectivity index (χ2n) is 14.5. The molecule has 5 rings (SSSR count). The van der Waals surface area contributed by atoms with Crippen molar-refractivity contribution in [2.45, 2.75) is 155 Å². The van der Waals surface area contributed by atoms with Crippen molar-refractivity contribution in [3.05, 3.63) is 11.1 Å². The molecule has 0 amide bonds. The second-order valence-corrected chi connectivity index (χ2v) is 14.5. The Bertz CT molecular complexity index is 845. The van der Waals surface area contributed by atoms with Gasteiger partial charge in [-0.1, -0.05) is 31.9 Å². The molecule has 0 aromatic carbocycles. The first-order chi connectivity index (χ1) is 15.7. The van der Waals surface area contributed by atoms with Gasteiger partial charge in [-0.3, -0.25) is 0 Å². The Morgan fingerprint density at radius 1 is 0.676 bits per heavy atom. The van der Waals surface area contributed by atoms with Crippen molar-refractivity contribution >= 4 is 0 Å². The van der Waals surface area contributed by atoms with Crippen LogP contribution >= 0.6 is 0 Å². The smallest absolute Gasteiger partial charge is 0.0888 e. The van der Waals surface area contributed by atoms with Crippen LogP contribution < -0.4 is 0 Å². The minimum Gasteiger partial charge on any atom is -0.390 e. The number of fused-ring (bicyclic) bond motifs is 4. The zero-order chi connectivity index (χ0) is 24.7. The van der Waals surface area contributed by atoms with E-state index in [1.807, 2.05) is 0 Å². The number of ether oxygens (including phenoxy) is 2. The van der Waals surface area contributed by atoms with E-state index >= 15 is 0 Å². The van der Waals surface area contributed by atoms with Gasteiger partial charge in [0, 0.05) is 0 Å². The molecule has 0 aromatic rings. The number of aliphatic hydroxyl groups is 2. The average molecular weight is 475 g/mol. The molecule has 3 aliphatic carbocycles. The molecule has 2 saturated heterocycles. The van der Waals surface area contributed by atoms with E-state index in [4.69, 9.17) is 9.47 Å². The maximum absolute atomic E-state index is 10.8. The number of rotatable bonds is 0. The fraction of sp³-hybridized carbons (Fsp3) is 0.933. The fourth-order valence-corrected chi connectivity index (χ4v) is 9.13. The Morgan fingerprint density at radius 3 is 1.97 bits per heavy atom. The lowest BCUT2D eigenvalue weighted by Gasteiger charge is -2.54. The number of hydrogen-bond acceptors (Lipinski definition) is 4. The van der Waals surface area contributed by atoms with Crippen LogP contribution in [0.4, 0.5) is 0 Å². The Morgan fingerprint density at radius 2 is 1.29 bits per heavy atom. The zero-order valence-electron chi connectivity index (χ0n) is 22.9. The molecule has 0 bridgehead atoms. The summed E-state index contributed by atoms with van der Waals surface area (Å²) in [6.07, 6.45) is 11.6. The summed E-state index contributed by atoms with van der Waals surface area (Å²) in [4.78, 5) is 0. The van der Waals surface area contributed by atoms with Gasteiger partial charge in [0.15, 0.2) is 0 Å². The van der Waals surface area contributed by atoms with Crippen molar-refractivity contribution < 1.29 is 19.7 Å². The van der Waals surface area contributed by atoms with Crippen LogP contribution in [0.25, 0.3) is 0 Å². The predicted molar refractivity (Wildman–Crippen MR) is 136 cm³/mol. The molecule has 0 spiro atoms. The molecule has 2 heterocycles. The molecule has 194 valence electrons. The van der Waals surface area contributed by atoms with Crippen molar-refractivity contribution in [2.75, 3.05) is 0 Å². The van der Waals surface area contributed by atoms with Gasteiger partial charge in [-0.2, -0.15) is 0 Å². The lowest BCUT2D eigenvalue weighted by atomic mass is 9.53. The van der Waals surface area contributed by atoms with Crippen LogP contribution in [-0.4, -0.2) is 45.8 Å². The van der Waals surface area contributed by atoms with Gasteiger partial charge in [0.25, 0.3) is 0 Å². The Labute approximate surface area is 207 Å². The molecule has 0 radical (unpaired) electrons. The van der Waals surface area contributed by atoms with Gasteiger partial charge >= 0.3 is 0 Å². The molecule has 5 aliphatic rings. The summed E-state index contributed by atoms with van der Waals surface area (Å²) in [5.41, 5.74) is 3.04. The summed E-state index contributed by atoms with van der Waals surface area (Å²) in [5, 5.41) is 21.5. The molecule has 0 unspecified atom stereocenters. The van der Waals surface area contributed by atoms with Crippen LogP contribution in [0.2, 0.25) is 0 Å². The molecule has 4 heteroatoms. The monoisotopic (exact) mass is 474 g/mol. The third kappa shape index (κ3) is 3.76. The largest absolute Gasteiger partial charge is 0.390 e. The SMILES string of the molecule is CC1(C)O[C@@H]2CC[C@@]3(C)/C(=C4/CC[C@H]5OC(C)(C)[C@@H](O)CC[C@]5(C)C4)CC[C@@H]3[C@]2(C)CC[C@H]1O. The highest BCUT2D eigenvalue weighted by atomic mass is 16.5. The minimum atomic E-state index is -0.457. The first-order valence-corrected chi connectivity index (χ1v) is 14.1. The van der Waals surface area contributed by atoms with E-state index in [0.717, 1.165) is 51.4 Å². The fourth-order valence-electron chi connectivity index (χ4n) is 9.13. The molecule has 34 heavy (non-hydrogen) atoms. The molecule has 2 aliphatic heterocycles. The highest BCUT2D eigenvalue weighted by molar-refractivity contribution is 5.32. The van der Waals surface area contributed by atoms with E-state index in [9.17, 15) is 10.2 Å². The lowest BCUT2D eigenvalue weighted by molar-refractivity contribution is -0.181. The summed E-state index contributed by atoms with van der Waals surface area (Å²) in [6.45, 7) is 15.7. The average Bonchev–Trinajstić information content (AvgIpc) is 3.04. The van der Waals surface area contributed by atoms with Crippen LogP contribution in [0.15, 0.2) is 11.1 Å². The molecule has 0 aromatic heterocycles. The molecule has 2 N–H and O–H groups in total. The van der Waals surface area contributed by atoms with Gasteiger partial charge in [-0.05, 0) is 120 Å². The van der Waals surface area contributed by atoms with Gasteiger partial charge in [-0.25, -0.2) is 0 Å². The molecular formula is C30H50O4. The third-order valence-corrected chi connectivity index (χ3v) is 11.6. The summed E-state index contributed by atoms with van der Waals surface area (Å²) in [7, 11) is 0. The standard InChI is InChI=1S/C30H50O4/c1-26(2)22(31)12-15-28(5)18-19(8-11-24(28)33-26)20-9-10-21-29(20,6)17-14-25-30(21,7)16-13-23(32)27(3,4)34-25/h21-25,31-32H,8-18H2,1-7H3/b20-19-/t21-,22-,23+,24+,25+,28+,29-,30-/m0/s1. The number of hydrogen-bond donors (Lipinski definition) is 2. The first-order valence-electron chi connectivity index (χ1n) is 14.1. The van der Waals surface area contributed by atoms with Crippen LogP contribution in [0, 0.1) is 22.2 Å². The number of aliphatic hydroxyl groups excluding tert-OH is 2. The summed E-state index contributed by atoms with van der Waals surface area (Å²) >= 11 is 0. The molecule has 3 saturated carbocycles. The van der Waals surface area contributed by atoms with Crippen molar-refractivity contribution in [1.82, 2.24) is 0 Å². The van der Waals surface area contributed by atoms with Crippen LogP contribution in [-0.2, 0) is 9.47 Å². The molecule has 8 atom stereocenters. The summed E-state index contributed by atoms with van der Waals surface area (Å²) < 4.78 is 13.3. The van der Waals surface area contributed by atoms with E-state index in [1.165, 1.54) is 19.3 Å². The van der Waals surface area contributed by atoms with Gasteiger partial charge in [0.05, 0.1) is 35.6 Å². The summed E-state index contributed by atoms with van der Waals surface area (Å²) in [5.74, 6) is 0.624. The Balaban J connectivity index is 1.44. The zero-order valence-corrected chi connectivity index (χ0v) is 22.9. The maximum Gasteiger partial charge on any atom is 0.0888 e. The van der Waals surface area contributed by atoms with E-state index in [0.29, 0.717) is 5.92 Å². The van der Waals surface area contributed by atoms with Gasteiger partial charge in [0.2, 0.25) is 0 Å².